The van der Waals surface area contributed by atoms with Gasteiger partial charge in [0.1, 0.15) is 63.4 Å². The molecular weight excluding hydrogens is 1840 g/mol. The lowest BCUT2D eigenvalue weighted by Gasteiger charge is -2.26. The number of halogens is 8. The number of carbonyl (C=O) groups is 4. The van der Waals surface area contributed by atoms with Gasteiger partial charge in [-0.05, 0) is 248 Å². The molecule has 8 heterocycles. The molecule has 0 saturated carbocycles. The Bertz CT molecular complexity index is 7180. The maximum absolute atomic E-state index is 13.5. The monoisotopic (exact) mass is 1930 g/mol. The fourth-order valence-corrected chi connectivity index (χ4v) is 15.9. The topological polar surface area (TPSA) is 327 Å². The largest absolute Gasteiger partial charge is 0.457 e. The fourth-order valence-electron chi connectivity index (χ4n) is 15.9. The van der Waals surface area contributed by atoms with Crippen LogP contribution >= 0.6 is 0 Å². The fraction of sp³-hybridized carbons (Fsp3) is 0.200. The Balaban J connectivity index is 0.000000130. The van der Waals surface area contributed by atoms with E-state index in [1.165, 1.54) is 87.1 Å². The second-order valence-electron chi connectivity index (χ2n) is 33.6. The number of benzene rings is 12. The molecule has 8 amide bonds. The van der Waals surface area contributed by atoms with Crippen LogP contribution in [-0.4, -0.2) is 149 Å². The first-order valence-corrected chi connectivity index (χ1v) is 45.7. The van der Waals surface area contributed by atoms with Crippen molar-refractivity contribution in [1.29, 1.82) is 0 Å². The van der Waals surface area contributed by atoms with Crippen molar-refractivity contribution in [3.63, 3.8) is 0 Å². The first kappa shape index (κ1) is 97.2. The second-order valence-corrected chi connectivity index (χ2v) is 33.6. The van der Waals surface area contributed by atoms with E-state index in [4.69, 9.17) is 43.6 Å². The maximum Gasteiger partial charge on any atom is 0.419 e. The first-order valence-electron chi connectivity index (χ1n) is 45.7. The predicted molar refractivity (Wildman–Crippen MR) is 525 cm³/mol. The molecule has 4 aliphatic rings. The molecule has 12 aromatic carbocycles. The number of carbonyl (C=O) groups excluding carboxylic acids is 4. The third-order valence-electron chi connectivity index (χ3n) is 22.7. The highest BCUT2D eigenvalue weighted by molar-refractivity contribution is 6.02. The summed E-state index contributed by atoms with van der Waals surface area (Å²) >= 11 is 0. The number of anilines is 8. The summed E-state index contributed by atoms with van der Waals surface area (Å²) in [6, 6.07) is 63.7. The zero-order valence-electron chi connectivity index (χ0n) is 76.3. The predicted octanol–water partition coefficient (Wildman–Crippen LogP) is 23.6. The normalized spacial score (nSPS) is 13.8. The van der Waals surface area contributed by atoms with E-state index < -0.39 is 59.1 Å². The molecule has 20 rings (SSSR count). The van der Waals surface area contributed by atoms with Crippen molar-refractivity contribution < 1.29 is 78.0 Å². The molecule has 4 fully saturated rings. The lowest BCUT2D eigenvalue weighted by molar-refractivity contribution is -0.139. The van der Waals surface area contributed by atoms with Gasteiger partial charge in [-0.1, -0.05) is 30.3 Å². The number of alkyl halides is 3. The lowest BCUT2D eigenvalue weighted by Crippen LogP contribution is -2.35. The molecule has 0 spiro atoms. The summed E-state index contributed by atoms with van der Waals surface area (Å²) in [5.41, 5.74) is 11.0. The third kappa shape index (κ3) is 28.2. The van der Waals surface area contributed by atoms with Crippen molar-refractivity contribution in [2.75, 3.05) is 108 Å². The zero-order valence-corrected chi connectivity index (χ0v) is 76.3. The third-order valence-corrected chi connectivity index (χ3v) is 22.7. The highest BCUT2D eigenvalue weighted by atomic mass is 19.4. The number of ether oxygens (including phenoxy) is 5. The van der Waals surface area contributed by atoms with Gasteiger partial charge in [0.2, 0.25) is 0 Å². The van der Waals surface area contributed by atoms with E-state index in [1.54, 1.807) is 121 Å². The van der Waals surface area contributed by atoms with E-state index in [-0.39, 0.29) is 17.2 Å². The van der Waals surface area contributed by atoms with Crippen LogP contribution in [0.5, 0.6) is 46.0 Å². The molecule has 0 bridgehead atoms. The Kier molecular flexibility index (Phi) is 31.7. The van der Waals surface area contributed by atoms with Crippen molar-refractivity contribution in [1.82, 2.24) is 59.5 Å². The minimum absolute atomic E-state index is 0.134. The molecule has 29 nitrogen and oxygen atoms in total. The molecular formula is C105H94F8N20O9. The number of hydrogen-bond donors (Lipinski definition) is 8. The Morgan fingerprint density at radius 1 is 0.275 bits per heavy atom. The summed E-state index contributed by atoms with van der Waals surface area (Å²) in [6.45, 7) is 12.7. The molecule has 8 N–H and O–H groups in total. The minimum atomic E-state index is -4.89. The molecule has 0 atom stereocenters. The van der Waals surface area contributed by atoms with Crippen LogP contribution in [0, 0.1) is 29.1 Å². The number of fused-ring (bicyclic) bond motifs is 4. The smallest absolute Gasteiger partial charge is 0.419 e. The summed E-state index contributed by atoms with van der Waals surface area (Å²) in [6.07, 6.45) is 9.76. The Hall–Kier alpha value is -16.5. The van der Waals surface area contributed by atoms with Crippen LogP contribution in [0.1, 0.15) is 66.9 Å². The zero-order chi connectivity index (χ0) is 98.3. The van der Waals surface area contributed by atoms with Gasteiger partial charge in [0.05, 0.1) is 110 Å². The first-order chi connectivity index (χ1) is 68.9. The highest BCUT2D eigenvalue weighted by Crippen LogP contribution is 2.37. The van der Waals surface area contributed by atoms with Crippen LogP contribution in [0.4, 0.5) is 99.8 Å². The van der Waals surface area contributed by atoms with Crippen LogP contribution in [0.3, 0.4) is 0 Å². The molecule has 16 aromatic rings. The van der Waals surface area contributed by atoms with Crippen molar-refractivity contribution in [2.24, 2.45) is 0 Å². The van der Waals surface area contributed by atoms with Crippen molar-refractivity contribution >= 4 is 114 Å². The van der Waals surface area contributed by atoms with Gasteiger partial charge in [-0.3, -0.25) is 39.5 Å². The van der Waals surface area contributed by atoms with Crippen LogP contribution < -0.4 is 61.5 Å². The van der Waals surface area contributed by atoms with Gasteiger partial charge < -0.3 is 66.2 Å². The molecule has 142 heavy (non-hydrogen) atoms. The summed E-state index contributed by atoms with van der Waals surface area (Å²) in [7, 11) is 0. The summed E-state index contributed by atoms with van der Waals surface area (Å²) in [4.78, 5) is 95.6. The van der Waals surface area contributed by atoms with Crippen LogP contribution in [0.2, 0.25) is 0 Å². The number of hydrogen-bond acceptors (Lipinski definition) is 21. The average molecular weight is 1930 g/mol. The van der Waals surface area contributed by atoms with Crippen LogP contribution in [-0.2, 0) is 37.1 Å². The SMILES string of the molecule is O=C(Nc1ccc(F)cc1)Nc1cccc(Oc2ccc3ncc(CN4CCCC4)nc3c2)c1.O=C(Nc1cccc(F)c1)Nc1cccc(Oc2ccc3ncc(CN4CCCC4)nc3c2)c1.O=C(Nc1cccc(Oc2ccc3ncc(CN4CCCC4)nc3c2)c1)Nc1ccc(F)c(F)c1.O=C(Nc1cccc(Oc2ccc3ncc(CN4CCOCC4)nc3c2)c1)Nc1ccc(F)c(C(F)(F)F)c1. The number of rotatable bonds is 24. The molecule has 0 radical (unpaired) electrons. The van der Waals surface area contributed by atoms with Gasteiger partial charge in [-0.2, -0.15) is 13.2 Å². The van der Waals surface area contributed by atoms with Gasteiger partial charge in [-0.15, -0.1) is 0 Å². The van der Waals surface area contributed by atoms with E-state index in [2.05, 4.69) is 82.1 Å². The lowest BCUT2D eigenvalue weighted by atomic mass is 10.2. The molecule has 4 aliphatic heterocycles. The van der Waals surface area contributed by atoms with E-state index in [0.717, 1.165) is 152 Å². The summed E-state index contributed by atoms with van der Waals surface area (Å²) in [5, 5.41) is 20.6. The quantitative estimate of drug-likeness (QED) is 0.0261. The number of morpholine rings is 1. The van der Waals surface area contributed by atoms with Gasteiger partial charge in [-0.25, -0.2) is 61.1 Å². The van der Waals surface area contributed by atoms with Gasteiger partial charge >= 0.3 is 30.3 Å². The number of urea groups is 4. The van der Waals surface area contributed by atoms with E-state index in [9.17, 15) is 54.3 Å². The van der Waals surface area contributed by atoms with E-state index in [0.29, 0.717) is 118 Å². The van der Waals surface area contributed by atoms with Gasteiger partial charge in [0.25, 0.3) is 0 Å². The molecule has 0 unspecified atom stereocenters. The van der Waals surface area contributed by atoms with Crippen molar-refractivity contribution in [2.45, 2.75) is 70.9 Å². The van der Waals surface area contributed by atoms with Gasteiger partial charge in [0.15, 0.2) is 11.6 Å². The molecule has 37 heteroatoms. The molecule has 724 valence electrons. The molecule has 4 saturated heterocycles. The Morgan fingerprint density at radius 2 is 0.556 bits per heavy atom. The molecule has 4 aromatic heterocycles. The number of aromatic nitrogens is 8. The Labute approximate surface area is 809 Å². The number of nitrogens with zero attached hydrogens (tertiary/aromatic N) is 12. The summed E-state index contributed by atoms with van der Waals surface area (Å²) in [5.74, 6) is 0.174. The van der Waals surface area contributed by atoms with E-state index >= 15 is 0 Å². The number of likely N-dealkylation sites (tertiary alicyclic amines) is 3. The summed E-state index contributed by atoms with van der Waals surface area (Å²) < 4.78 is 134. The van der Waals surface area contributed by atoms with Crippen molar-refractivity contribution in [3.8, 4) is 46.0 Å². The maximum atomic E-state index is 13.5. The minimum Gasteiger partial charge on any atom is -0.457 e. The Morgan fingerprint density at radius 3 is 0.880 bits per heavy atom. The number of amides is 8. The second kappa shape index (κ2) is 46.3. The van der Waals surface area contributed by atoms with Crippen LogP contribution in [0.15, 0.2) is 280 Å². The van der Waals surface area contributed by atoms with E-state index in [1.807, 2.05) is 79.3 Å². The van der Waals surface area contributed by atoms with Crippen LogP contribution in [0.25, 0.3) is 44.1 Å². The van der Waals surface area contributed by atoms with Crippen molar-refractivity contribution in [3.05, 3.63) is 337 Å². The van der Waals surface area contributed by atoms with Gasteiger partial charge in [0, 0.05) is 139 Å². The average Bonchev–Trinajstić information content (AvgIpc) is 1.46. The highest BCUT2D eigenvalue weighted by Gasteiger charge is 2.35. The number of nitrogens with one attached hydrogen (secondary N) is 8. The standard InChI is InChI=1S/C27H23F4N5O3.C26H23F2N5O2.2C26H24FN5O2/c28-23-6-4-18(13-22(23)27(29,30)31)35-26(37)34-17-2-1-3-20(12-17)39-21-5-7-24-25(14-21)33-19(15-32-24)16-36-8-10-38-11-9-36;27-22-8-6-18(13-23(22)28)32-26(34)31-17-4-3-5-20(12-17)35-21-7-9-24-25(14-21)30-19(15-29-24)16-33-10-1-2-11-33;27-18-5-3-6-19(13-18)30-26(33)31-20-7-4-8-22(14-20)34-23-9-10-24-25(15-23)29-21(16-28-24)17-32-11-1-2-12-32;27-18-6-8-19(9-7-18)30-26(33)31-20-4-3-5-22(14-20)34-23-10-11-24-25(15-23)29-21(16-28-24)17-32-12-1-2-13-32/h1-7,12-15H,8-11,16H2,(H2,34,35,37);3-9,12-15H,1-2,10-11,16H2,(H2,31,32,34);3-10,13-16H,1-2,11-12,17H2,(H2,30,31,33);3-11,14-16H,1-2,12-13,17H2,(H2,30,31,33). The molecule has 0 aliphatic carbocycles.